The minimum atomic E-state index is -3.51. The predicted molar refractivity (Wildman–Crippen MR) is 66.0 cm³/mol. The van der Waals surface area contributed by atoms with Crippen LogP contribution in [0, 0.1) is 0 Å². The van der Waals surface area contributed by atoms with Gasteiger partial charge in [0, 0.05) is 19.0 Å². The van der Waals surface area contributed by atoms with Gasteiger partial charge in [-0.1, -0.05) is 20.3 Å². The number of hydrogen-bond acceptors (Lipinski definition) is 4. The lowest BCUT2D eigenvalue weighted by Gasteiger charge is -2.10. The third kappa shape index (κ3) is 4.10. The lowest BCUT2D eigenvalue weighted by atomic mass is 10.2. The van der Waals surface area contributed by atoms with Crippen molar-refractivity contribution < 1.29 is 8.42 Å². The maximum atomic E-state index is 11.8. The highest BCUT2D eigenvalue weighted by molar-refractivity contribution is 7.89. The van der Waals surface area contributed by atoms with Gasteiger partial charge < -0.3 is 10.7 Å². The number of H-pyrrole nitrogens is 1. The SMILES string of the molecule is CCCC(N)CNS(=O)(=O)c1cnc(CC)[nH]1. The number of rotatable bonds is 7. The molecule has 0 bridgehead atoms. The smallest absolute Gasteiger partial charge is 0.257 e. The maximum absolute atomic E-state index is 11.8. The van der Waals surface area contributed by atoms with Crippen LogP contribution in [0.25, 0.3) is 0 Å². The second-order valence-corrected chi connectivity index (χ2v) is 5.68. The summed E-state index contributed by atoms with van der Waals surface area (Å²) in [6.45, 7) is 4.16. The second-order valence-electron chi connectivity index (χ2n) is 3.95. The average Bonchev–Trinajstić information content (AvgIpc) is 2.76. The molecule has 4 N–H and O–H groups in total. The van der Waals surface area contributed by atoms with E-state index in [1.165, 1.54) is 6.20 Å². The molecule has 0 saturated carbocycles. The third-order valence-corrected chi connectivity index (χ3v) is 3.76. The van der Waals surface area contributed by atoms with Gasteiger partial charge in [-0.15, -0.1) is 0 Å². The second kappa shape index (κ2) is 6.13. The Hall–Kier alpha value is -0.920. The van der Waals surface area contributed by atoms with Crippen molar-refractivity contribution in [2.24, 2.45) is 5.73 Å². The van der Waals surface area contributed by atoms with Crippen LogP contribution in [0.3, 0.4) is 0 Å². The van der Waals surface area contributed by atoms with Crippen LogP contribution < -0.4 is 10.5 Å². The van der Waals surface area contributed by atoms with Gasteiger partial charge in [0.05, 0.1) is 6.20 Å². The summed E-state index contributed by atoms with van der Waals surface area (Å²) in [6, 6.07) is -0.150. The van der Waals surface area contributed by atoms with Gasteiger partial charge >= 0.3 is 0 Å². The molecule has 1 rings (SSSR count). The van der Waals surface area contributed by atoms with Crippen LogP contribution in [-0.2, 0) is 16.4 Å². The van der Waals surface area contributed by atoms with E-state index in [0.717, 1.165) is 12.8 Å². The van der Waals surface area contributed by atoms with Gasteiger partial charge in [-0.2, -0.15) is 0 Å². The molecule has 17 heavy (non-hydrogen) atoms. The number of nitrogens with one attached hydrogen (secondary N) is 2. The number of nitrogens with two attached hydrogens (primary N) is 1. The summed E-state index contributed by atoms with van der Waals surface area (Å²) in [4.78, 5) is 6.71. The Labute approximate surface area is 102 Å². The molecular weight excluding hydrogens is 240 g/mol. The number of hydrogen-bond donors (Lipinski definition) is 3. The molecule has 1 aromatic rings. The van der Waals surface area contributed by atoms with E-state index in [9.17, 15) is 8.42 Å². The Kier molecular flexibility index (Phi) is 5.10. The molecule has 1 heterocycles. The van der Waals surface area contributed by atoms with Crippen molar-refractivity contribution in [1.29, 1.82) is 0 Å². The Balaban J connectivity index is 2.62. The predicted octanol–water partition coefficient (Wildman–Crippen LogP) is 0.378. The van der Waals surface area contributed by atoms with Crippen molar-refractivity contribution in [3.8, 4) is 0 Å². The van der Waals surface area contributed by atoms with E-state index in [1.807, 2.05) is 13.8 Å². The Morgan fingerprint density at radius 2 is 2.24 bits per heavy atom. The van der Waals surface area contributed by atoms with Crippen LogP contribution in [0.1, 0.15) is 32.5 Å². The van der Waals surface area contributed by atoms with Crippen LogP contribution in [0.5, 0.6) is 0 Å². The standard InChI is InChI=1S/C10H20N4O2S/c1-3-5-8(11)6-13-17(15,16)10-7-12-9(4-2)14-10/h7-8,13H,3-6,11H2,1-2H3,(H,12,14). The molecular formula is C10H20N4O2S. The molecule has 0 aromatic carbocycles. The van der Waals surface area contributed by atoms with E-state index < -0.39 is 10.0 Å². The molecule has 0 aliphatic heterocycles. The molecule has 0 aliphatic rings. The van der Waals surface area contributed by atoms with E-state index in [2.05, 4.69) is 14.7 Å². The summed E-state index contributed by atoms with van der Waals surface area (Å²) in [7, 11) is -3.51. The van der Waals surface area contributed by atoms with E-state index in [4.69, 9.17) is 5.73 Å². The van der Waals surface area contributed by atoms with E-state index in [0.29, 0.717) is 12.2 Å². The highest BCUT2D eigenvalue weighted by Crippen LogP contribution is 2.05. The third-order valence-electron chi connectivity index (χ3n) is 2.42. The minimum Gasteiger partial charge on any atom is -0.332 e. The fourth-order valence-electron chi connectivity index (χ4n) is 1.43. The van der Waals surface area contributed by atoms with Crippen LogP contribution in [0.4, 0.5) is 0 Å². The first-order valence-corrected chi connectivity index (χ1v) is 7.27. The normalized spacial score (nSPS) is 13.8. The summed E-state index contributed by atoms with van der Waals surface area (Å²) >= 11 is 0. The molecule has 1 aromatic heterocycles. The fraction of sp³-hybridized carbons (Fsp3) is 0.700. The molecule has 0 aliphatic carbocycles. The maximum Gasteiger partial charge on any atom is 0.257 e. The Morgan fingerprint density at radius 3 is 2.76 bits per heavy atom. The van der Waals surface area contributed by atoms with Crippen LogP contribution in [0.2, 0.25) is 0 Å². The van der Waals surface area contributed by atoms with Crippen molar-refractivity contribution in [3.05, 3.63) is 12.0 Å². The summed E-state index contributed by atoms with van der Waals surface area (Å²) < 4.78 is 26.1. The van der Waals surface area contributed by atoms with E-state index in [-0.39, 0.29) is 17.6 Å². The van der Waals surface area contributed by atoms with Gasteiger partial charge in [-0.05, 0) is 6.42 Å². The average molecular weight is 260 g/mol. The largest absolute Gasteiger partial charge is 0.332 e. The lowest BCUT2D eigenvalue weighted by molar-refractivity contribution is 0.550. The molecule has 1 atom stereocenters. The zero-order valence-corrected chi connectivity index (χ0v) is 11.0. The first kappa shape index (κ1) is 14.1. The van der Waals surface area contributed by atoms with Gasteiger partial charge in [0.15, 0.2) is 5.03 Å². The number of nitrogens with zero attached hydrogens (tertiary/aromatic N) is 1. The quantitative estimate of drug-likeness (QED) is 0.659. The molecule has 6 nitrogen and oxygen atoms in total. The summed E-state index contributed by atoms with van der Waals surface area (Å²) in [5.74, 6) is 0.656. The molecule has 0 saturated heterocycles. The van der Waals surface area contributed by atoms with Crippen molar-refractivity contribution in [1.82, 2.24) is 14.7 Å². The lowest BCUT2D eigenvalue weighted by Crippen LogP contribution is -2.37. The zero-order chi connectivity index (χ0) is 12.9. The minimum absolute atomic E-state index is 0.0954. The summed E-state index contributed by atoms with van der Waals surface area (Å²) in [5, 5.41) is 0.0954. The van der Waals surface area contributed by atoms with Crippen LogP contribution in [0.15, 0.2) is 11.2 Å². The number of aromatic nitrogens is 2. The van der Waals surface area contributed by atoms with Gasteiger partial charge in [-0.3, -0.25) is 0 Å². The monoisotopic (exact) mass is 260 g/mol. The van der Waals surface area contributed by atoms with Gasteiger partial charge in [0.1, 0.15) is 5.82 Å². The zero-order valence-electron chi connectivity index (χ0n) is 10.2. The van der Waals surface area contributed by atoms with Crippen LogP contribution >= 0.6 is 0 Å². The molecule has 0 fully saturated rings. The number of imidazole rings is 1. The highest BCUT2D eigenvalue weighted by atomic mass is 32.2. The fourth-order valence-corrected chi connectivity index (χ4v) is 2.46. The van der Waals surface area contributed by atoms with E-state index in [1.54, 1.807) is 0 Å². The molecule has 7 heteroatoms. The van der Waals surface area contributed by atoms with Crippen molar-refractivity contribution in [2.75, 3.05) is 6.54 Å². The summed E-state index contributed by atoms with van der Waals surface area (Å²) in [6.07, 6.45) is 3.73. The Bertz CT molecular complexity index is 441. The first-order chi connectivity index (χ1) is 7.99. The number of aryl methyl sites for hydroxylation is 1. The first-order valence-electron chi connectivity index (χ1n) is 5.78. The number of sulfonamides is 1. The van der Waals surface area contributed by atoms with Crippen molar-refractivity contribution in [3.63, 3.8) is 0 Å². The van der Waals surface area contributed by atoms with Crippen molar-refractivity contribution in [2.45, 2.75) is 44.2 Å². The van der Waals surface area contributed by atoms with Gasteiger partial charge in [0.2, 0.25) is 0 Å². The highest BCUT2D eigenvalue weighted by Gasteiger charge is 2.17. The molecule has 0 spiro atoms. The molecule has 0 radical (unpaired) electrons. The molecule has 0 amide bonds. The topological polar surface area (TPSA) is 101 Å². The molecule has 1 unspecified atom stereocenters. The molecule has 98 valence electrons. The summed E-state index contributed by atoms with van der Waals surface area (Å²) in [5.41, 5.74) is 5.75. The van der Waals surface area contributed by atoms with Crippen molar-refractivity contribution >= 4 is 10.0 Å². The van der Waals surface area contributed by atoms with E-state index >= 15 is 0 Å². The number of aromatic amines is 1. The van der Waals surface area contributed by atoms with Crippen LogP contribution in [-0.4, -0.2) is 31.0 Å². The Morgan fingerprint density at radius 1 is 1.53 bits per heavy atom. The van der Waals surface area contributed by atoms with Gasteiger partial charge in [0.25, 0.3) is 10.0 Å². The van der Waals surface area contributed by atoms with Gasteiger partial charge in [-0.25, -0.2) is 18.1 Å².